The number of ether oxygens (including phenoxy) is 2. The second-order valence-electron chi connectivity index (χ2n) is 9.60. The monoisotopic (exact) mass is 414 g/mol. The van der Waals surface area contributed by atoms with Gasteiger partial charge in [-0.3, -0.25) is 9.69 Å². The lowest BCUT2D eigenvalue weighted by atomic mass is 9.76. The maximum atomic E-state index is 11.8. The summed E-state index contributed by atoms with van der Waals surface area (Å²) in [5, 5.41) is 3.20. The third-order valence-corrected chi connectivity index (χ3v) is 7.20. The van der Waals surface area contributed by atoms with Crippen LogP contribution in [0.3, 0.4) is 0 Å². The third kappa shape index (κ3) is 5.17. The minimum absolute atomic E-state index is 0.0275. The van der Waals surface area contributed by atoms with Gasteiger partial charge in [0.15, 0.2) is 0 Å². The van der Waals surface area contributed by atoms with Crippen LogP contribution in [0.5, 0.6) is 5.75 Å². The molecule has 1 N–H and O–H groups in total. The van der Waals surface area contributed by atoms with Gasteiger partial charge in [-0.15, -0.1) is 0 Å². The highest BCUT2D eigenvalue weighted by atomic mass is 16.5. The summed E-state index contributed by atoms with van der Waals surface area (Å²) in [7, 11) is 1.76. The number of piperidine rings is 1. The zero-order chi connectivity index (χ0) is 21.0. The van der Waals surface area contributed by atoms with E-state index in [9.17, 15) is 4.79 Å². The van der Waals surface area contributed by atoms with Crippen LogP contribution in [0, 0.1) is 0 Å². The van der Waals surface area contributed by atoms with Crippen LogP contribution in [-0.2, 0) is 16.1 Å². The zero-order valence-corrected chi connectivity index (χ0v) is 18.8. The highest BCUT2D eigenvalue weighted by molar-refractivity contribution is 5.73. The summed E-state index contributed by atoms with van der Waals surface area (Å²) >= 11 is 0. The number of likely N-dealkylation sites (tertiary alicyclic amines) is 1. The topological polar surface area (TPSA) is 50.8 Å². The maximum absolute atomic E-state index is 11.8. The summed E-state index contributed by atoms with van der Waals surface area (Å²) in [4.78, 5) is 14.3. The first-order valence-electron chi connectivity index (χ1n) is 11.9. The summed E-state index contributed by atoms with van der Waals surface area (Å²) in [6.07, 6.45) is 11.7. The van der Waals surface area contributed by atoms with Crippen molar-refractivity contribution >= 4 is 5.91 Å². The van der Waals surface area contributed by atoms with Crippen LogP contribution in [0.4, 0.5) is 0 Å². The van der Waals surface area contributed by atoms with Gasteiger partial charge in [-0.1, -0.05) is 31.7 Å². The predicted octanol–water partition coefficient (Wildman–Crippen LogP) is 4.74. The van der Waals surface area contributed by atoms with Crippen LogP contribution in [0.1, 0.15) is 88.4 Å². The molecule has 30 heavy (non-hydrogen) atoms. The molecule has 2 atom stereocenters. The van der Waals surface area contributed by atoms with Gasteiger partial charge >= 0.3 is 0 Å². The second-order valence-corrected chi connectivity index (χ2v) is 9.60. The molecule has 1 spiro atoms. The summed E-state index contributed by atoms with van der Waals surface area (Å²) in [5.41, 5.74) is 2.39. The van der Waals surface area contributed by atoms with E-state index in [0.29, 0.717) is 0 Å². The Bertz CT molecular complexity index is 723. The standard InChI is InChI=1S/C25H38N2O3/c1-19(28)26-22-16-24(30-25(17-22)11-5-3-6-12-25)20-9-10-23(29-2)21(15-20)18-27-13-7-4-8-14-27/h9-10,15,22,24H,3-8,11-14,16-18H2,1-2H3,(H,26,28)/t22-,24-/m1/s1. The van der Waals surface area contributed by atoms with Crippen LogP contribution in [0.2, 0.25) is 0 Å². The average molecular weight is 415 g/mol. The first-order valence-corrected chi connectivity index (χ1v) is 11.9. The molecule has 2 heterocycles. The summed E-state index contributed by atoms with van der Waals surface area (Å²) in [6.45, 7) is 4.90. The lowest BCUT2D eigenvalue weighted by Crippen LogP contribution is -2.50. The van der Waals surface area contributed by atoms with Crippen molar-refractivity contribution in [2.45, 2.75) is 95.4 Å². The molecule has 0 aromatic heterocycles. The van der Waals surface area contributed by atoms with E-state index in [0.717, 1.165) is 38.0 Å². The van der Waals surface area contributed by atoms with E-state index in [2.05, 4.69) is 28.4 Å². The van der Waals surface area contributed by atoms with Crippen molar-refractivity contribution in [2.24, 2.45) is 0 Å². The number of benzene rings is 1. The summed E-state index contributed by atoms with van der Waals surface area (Å²) in [6, 6.07) is 6.75. The first kappa shape index (κ1) is 21.6. The third-order valence-electron chi connectivity index (χ3n) is 7.20. The van der Waals surface area contributed by atoms with Crippen LogP contribution in [0.25, 0.3) is 0 Å². The zero-order valence-electron chi connectivity index (χ0n) is 18.8. The van der Waals surface area contributed by atoms with Gasteiger partial charge in [-0.05, 0) is 69.3 Å². The molecule has 0 radical (unpaired) electrons. The number of carbonyl (C=O) groups excluding carboxylic acids is 1. The molecule has 1 saturated carbocycles. The number of methoxy groups -OCH3 is 1. The highest BCUT2D eigenvalue weighted by Crippen LogP contribution is 2.45. The van der Waals surface area contributed by atoms with Crippen LogP contribution in [0.15, 0.2) is 18.2 Å². The Morgan fingerprint density at radius 1 is 1.17 bits per heavy atom. The lowest BCUT2D eigenvalue weighted by molar-refractivity contribution is -0.158. The first-order chi connectivity index (χ1) is 14.6. The molecule has 3 aliphatic rings. The van der Waals surface area contributed by atoms with Crippen molar-refractivity contribution in [3.63, 3.8) is 0 Å². The molecule has 1 aliphatic carbocycles. The molecule has 3 fully saturated rings. The van der Waals surface area contributed by atoms with Gasteiger partial charge in [0, 0.05) is 25.1 Å². The predicted molar refractivity (Wildman–Crippen MR) is 119 cm³/mol. The molecular weight excluding hydrogens is 376 g/mol. The largest absolute Gasteiger partial charge is 0.496 e. The Morgan fingerprint density at radius 3 is 2.60 bits per heavy atom. The minimum atomic E-state index is -0.0821. The van der Waals surface area contributed by atoms with Crippen LogP contribution >= 0.6 is 0 Å². The van der Waals surface area contributed by atoms with Gasteiger partial charge in [0.05, 0.1) is 18.8 Å². The summed E-state index contributed by atoms with van der Waals surface area (Å²) in [5.74, 6) is 1.03. The van der Waals surface area contributed by atoms with Gasteiger partial charge in [0.1, 0.15) is 5.75 Å². The van der Waals surface area contributed by atoms with Gasteiger partial charge in [0.25, 0.3) is 0 Å². The van der Waals surface area contributed by atoms with Crippen molar-refractivity contribution in [1.29, 1.82) is 0 Å². The van der Waals surface area contributed by atoms with E-state index < -0.39 is 0 Å². The molecule has 1 aromatic carbocycles. The Hall–Kier alpha value is -1.59. The molecule has 166 valence electrons. The van der Waals surface area contributed by atoms with Crippen molar-refractivity contribution in [3.8, 4) is 5.75 Å². The van der Waals surface area contributed by atoms with E-state index in [-0.39, 0.29) is 23.7 Å². The van der Waals surface area contributed by atoms with Crippen molar-refractivity contribution in [1.82, 2.24) is 10.2 Å². The highest BCUT2D eigenvalue weighted by Gasteiger charge is 2.43. The van der Waals surface area contributed by atoms with Gasteiger partial charge in [0.2, 0.25) is 5.91 Å². The summed E-state index contributed by atoms with van der Waals surface area (Å²) < 4.78 is 12.5. The van der Waals surface area contributed by atoms with Crippen LogP contribution < -0.4 is 10.1 Å². The van der Waals surface area contributed by atoms with E-state index in [1.165, 1.54) is 62.7 Å². The number of hydrogen-bond donors (Lipinski definition) is 1. The number of amides is 1. The molecular formula is C25H38N2O3. The smallest absolute Gasteiger partial charge is 0.217 e. The Balaban J connectivity index is 1.56. The van der Waals surface area contributed by atoms with E-state index in [1.54, 1.807) is 14.0 Å². The fourth-order valence-corrected chi connectivity index (χ4v) is 5.79. The molecule has 2 aliphatic heterocycles. The molecule has 0 bridgehead atoms. The second kappa shape index (κ2) is 9.69. The van der Waals surface area contributed by atoms with Crippen molar-refractivity contribution in [3.05, 3.63) is 29.3 Å². The average Bonchev–Trinajstić information content (AvgIpc) is 2.74. The molecule has 5 nitrogen and oxygen atoms in total. The SMILES string of the molecule is COc1ccc([C@H]2C[C@@H](NC(C)=O)CC3(CCCCC3)O2)cc1CN1CCCCC1. The molecule has 0 unspecified atom stereocenters. The fourth-order valence-electron chi connectivity index (χ4n) is 5.79. The normalized spacial score (nSPS) is 27.0. The van der Waals surface area contributed by atoms with E-state index in [1.807, 2.05) is 0 Å². The molecule has 1 amide bonds. The Labute approximate surface area is 181 Å². The quantitative estimate of drug-likeness (QED) is 0.756. The van der Waals surface area contributed by atoms with Gasteiger partial charge < -0.3 is 14.8 Å². The van der Waals surface area contributed by atoms with Crippen molar-refractivity contribution < 1.29 is 14.3 Å². The van der Waals surface area contributed by atoms with Crippen molar-refractivity contribution in [2.75, 3.05) is 20.2 Å². The maximum Gasteiger partial charge on any atom is 0.217 e. The number of nitrogens with one attached hydrogen (secondary N) is 1. The number of nitrogens with zero attached hydrogens (tertiary/aromatic N) is 1. The molecule has 1 aromatic rings. The number of rotatable bonds is 5. The molecule has 4 rings (SSSR count). The fraction of sp³-hybridized carbons (Fsp3) is 0.720. The lowest BCUT2D eigenvalue weighted by Gasteiger charge is -2.47. The van der Waals surface area contributed by atoms with E-state index in [4.69, 9.17) is 9.47 Å². The number of carbonyl (C=O) groups is 1. The van der Waals surface area contributed by atoms with Crippen LogP contribution in [-0.4, -0.2) is 42.6 Å². The molecule has 2 saturated heterocycles. The van der Waals surface area contributed by atoms with E-state index >= 15 is 0 Å². The Morgan fingerprint density at radius 2 is 1.90 bits per heavy atom. The van der Waals surface area contributed by atoms with Gasteiger partial charge in [-0.25, -0.2) is 0 Å². The molecule has 5 heteroatoms. The Kier molecular flexibility index (Phi) is 6.99. The number of hydrogen-bond acceptors (Lipinski definition) is 4. The minimum Gasteiger partial charge on any atom is -0.496 e. The van der Waals surface area contributed by atoms with Gasteiger partial charge in [-0.2, -0.15) is 0 Å².